The summed E-state index contributed by atoms with van der Waals surface area (Å²) in [4.78, 5) is 0. The van der Waals surface area contributed by atoms with Crippen LogP contribution >= 0.6 is 0 Å². The second kappa shape index (κ2) is 11.9. The zero-order valence-corrected chi connectivity index (χ0v) is 29.9. The summed E-state index contributed by atoms with van der Waals surface area (Å²) in [5, 5.41) is 9.39. The van der Waals surface area contributed by atoms with Crippen molar-refractivity contribution in [2.24, 2.45) is 5.92 Å². The summed E-state index contributed by atoms with van der Waals surface area (Å²) in [6.45, 7) is 8.75. The normalized spacial score (nSPS) is 16.3. The molecule has 11 rings (SSSR count). The van der Waals surface area contributed by atoms with Gasteiger partial charge in [0.05, 0.1) is 0 Å². The van der Waals surface area contributed by atoms with Gasteiger partial charge < -0.3 is 8.83 Å². The van der Waals surface area contributed by atoms with Gasteiger partial charge >= 0.3 is 0 Å². The highest BCUT2D eigenvalue weighted by atomic mass is 16.3. The fourth-order valence-electron chi connectivity index (χ4n) is 9.29. The first-order chi connectivity index (χ1) is 26.7. The second-order valence-electron chi connectivity index (χ2n) is 14.7. The zero-order chi connectivity index (χ0) is 35.9. The third-order valence-electron chi connectivity index (χ3n) is 11.8. The Labute approximate surface area is 313 Å². The fraction of sp³-hybridized carbons (Fsp3) is 0.0769. The van der Waals surface area contributed by atoms with Crippen molar-refractivity contribution in [1.82, 2.24) is 0 Å². The Bertz CT molecular complexity index is 3220. The topological polar surface area (TPSA) is 26.3 Å². The predicted molar refractivity (Wildman–Crippen MR) is 229 cm³/mol. The number of benzene rings is 6. The van der Waals surface area contributed by atoms with E-state index in [2.05, 4.69) is 141 Å². The van der Waals surface area contributed by atoms with Crippen molar-refractivity contribution in [3.05, 3.63) is 173 Å². The summed E-state index contributed by atoms with van der Waals surface area (Å²) in [7, 11) is 0. The van der Waals surface area contributed by atoms with E-state index in [0.717, 1.165) is 90.8 Å². The van der Waals surface area contributed by atoms with E-state index in [9.17, 15) is 0 Å². The molecule has 2 heteroatoms. The first-order valence-electron chi connectivity index (χ1n) is 18.9. The van der Waals surface area contributed by atoms with Crippen LogP contribution in [0.5, 0.6) is 0 Å². The molecule has 2 aromatic heterocycles. The average molecular weight is 693 g/mol. The number of para-hydroxylation sites is 1. The zero-order valence-electron chi connectivity index (χ0n) is 29.9. The largest absolute Gasteiger partial charge is 0.456 e. The highest BCUT2D eigenvalue weighted by molar-refractivity contribution is 6.22. The Balaban J connectivity index is 1.08. The molecule has 3 aliphatic carbocycles. The predicted octanol–water partition coefficient (Wildman–Crippen LogP) is 13.1. The lowest BCUT2D eigenvalue weighted by molar-refractivity contribution is 0.669. The number of allylic oxidation sites excluding steroid dienone is 8. The molecule has 2 nitrogen and oxygen atoms in total. The molecule has 256 valence electrons. The number of hydrogen-bond acceptors (Lipinski definition) is 2. The molecule has 3 aliphatic rings. The fourth-order valence-corrected chi connectivity index (χ4v) is 9.29. The van der Waals surface area contributed by atoms with E-state index in [-0.39, 0.29) is 0 Å². The maximum absolute atomic E-state index is 6.45. The summed E-state index contributed by atoms with van der Waals surface area (Å²) < 4.78 is 12.8. The van der Waals surface area contributed by atoms with Crippen LogP contribution in [-0.2, 0) is 0 Å². The van der Waals surface area contributed by atoms with Crippen molar-refractivity contribution < 1.29 is 8.83 Å². The first-order valence-corrected chi connectivity index (χ1v) is 18.9. The summed E-state index contributed by atoms with van der Waals surface area (Å²) in [6, 6.07) is 32.5. The van der Waals surface area contributed by atoms with Crippen LogP contribution in [0, 0.1) is 5.92 Å². The lowest BCUT2D eigenvalue weighted by Gasteiger charge is -2.26. The molecule has 0 radical (unpaired) electrons. The molecule has 0 N–H and O–H groups in total. The Kier molecular flexibility index (Phi) is 6.84. The van der Waals surface area contributed by atoms with E-state index in [0.29, 0.717) is 5.92 Å². The van der Waals surface area contributed by atoms with E-state index >= 15 is 0 Å². The van der Waals surface area contributed by atoms with Gasteiger partial charge in [-0.3, -0.25) is 0 Å². The molecule has 0 aliphatic heterocycles. The van der Waals surface area contributed by atoms with E-state index in [1.807, 2.05) is 24.3 Å². The van der Waals surface area contributed by atoms with Crippen LogP contribution in [0.1, 0.15) is 36.0 Å². The Morgan fingerprint density at radius 1 is 0.574 bits per heavy atom. The maximum atomic E-state index is 6.45. The van der Waals surface area contributed by atoms with Crippen molar-refractivity contribution in [1.29, 1.82) is 0 Å². The highest BCUT2D eigenvalue weighted by Gasteiger charge is 2.24. The van der Waals surface area contributed by atoms with Crippen LogP contribution in [0.15, 0.2) is 155 Å². The summed E-state index contributed by atoms with van der Waals surface area (Å²) in [6.07, 6.45) is 25.5. The van der Waals surface area contributed by atoms with Crippen LogP contribution < -0.4 is 10.4 Å². The van der Waals surface area contributed by atoms with Gasteiger partial charge in [0.1, 0.15) is 22.3 Å². The monoisotopic (exact) mass is 692 g/mol. The van der Waals surface area contributed by atoms with Gasteiger partial charge in [0.25, 0.3) is 0 Å². The summed E-state index contributed by atoms with van der Waals surface area (Å²) in [5.41, 5.74) is 14.6. The quantitative estimate of drug-likeness (QED) is 0.179. The molecule has 0 fully saturated rings. The van der Waals surface area contributed by atoms with Crippen molar-refractivity contribution in [2.45, 2.75) is 19.3 Å². The molecule has 1 unspecified atom stereocenters. The van der Waals surface area contributed by atoms with E-state index < -0.39 is 0 Å². The van der Waals surface area contributed by atoms with Crippen molar-refractivity contribution >= 4 is 84.5 Å². The molecular formula is C52H36O2. The van der Waals surface area contributed by atoms with Gasteiger partial charge in [-0.15, -0.1) is 0 Å². The summed E-state index contributed by atoms with van der Waals surface area (Å²) >= 11 is 0. The van der Waals surface area contributed by atoms with E-state index in [1.165, 1.54) is 43.7 Å². The van der Waals surface area contributed by atoms with Gasteiger partial charge in [0.2, 0.25) is 0 Å². The molecule has 6 aromatic carbocycles. The van der Waals surface area contributed by atoms with Crippen LogP contribution in [0.3, 0.4) is 0 Å². The standard InChI is InChI=1S/C52H36O2/c1-3-38-39(4-2)51(37-21-20-31-12-5-6-13-32(31)26-37)42-18-8-7-17-41(42)50(38)36-15-11-14-33(27-36)34-22-24-47-45(28-34)52-43-30-49-44(29-35(43)23-25-48(52)53-47)40-16-9-10-19-46(40)54-49/h3-6,9-25,27-30,32H,1-2,7-8,26H2. The third-order valence-corrected chi connectivity index (χ3v) is 11.8. The van der Waals surface area contributed by atoms with Gasteiger partial charge in [0, 0.05) is 27.5 Å². The van der Waals surface area contributed by atoms with Gasteiger partial charge in [-0.05, 0) is 133 Å². The SMILES string of the molecule is C=Cc1c(C=C)c(-c2cccc(-c3ccc4oc5ccc6cc7c(cc6c5c4c3)oc3ccccc37)c2)c2c(c1C1=CC=C3C=CC=CC3C1)=CCCC=2. The number of fused-ring (bicyclic) bond motifs is 10. The maximum Gasteiger partial charge on any atom is 0.136 e. The van der Waals surface area contributed by atoms with Gasteiger partial charge in [-0.1, -0.05) is 122 Å². The Morgan fingerprint density at radius 3 is 2.22 bits per heavy atom. The first kappa shape index (κ1) is 30.9. The van der Waals surface area contributed by atoms with Crippen LogP contribution in [-0.4, -0.2) is 0 Å². The van der Waals surface area contributed by atoms with Crippen LogP contribution in [0.2, 0.25) is 0 Å². The van der Waals surface area contributed by atoms with Gasteiger partial charge in [-0.2, -0.15) is 0 Å². The molecule has 0 saturated carbocycles. The van der Waals surface area contributed by atoms with E-state index in [1.54, 1.807) is 0 Å². The van der Waals surface area contributed by atoms with Crippen LogP contribution in [0.25, 0.3) is 107 Å². The molecule has 8 aromatic rings. The van der Waals surface area contributed by atoms with Crippen LogP contribution in [0.4, 0.5) is 0 Å². The Hall–Kier alpha value is -6.64. The molecule has 0 amide bonds. The van der Waals surface area contributed by atoms with E-state index in [4.69, 9.17) is 8.83 Å². The highest BCUT2D eigenvalue weighted by Crippen LogP contribution is 2.41. The minimum absolute atomic E-state index is 0.397. The summed E-state index contributed by atoms with van der Waals surface area (Å²) in [5.74, 6) is 0.397. The molecular weight excluding hydrogens is 657 g/mol. The average Bonchev–Trinajstić information content (AvgIpc) is 3.79. The molecule has 0 saturated heterocycles. The second-order valence-corrected chi connectivity index (χ2v) is 14.7. The van der Waals surface area contributed by atoms with Gasteiger partial charge in [0.15, 0.2) is 0 Å². The molecule has 0 spiro atoms. The number of rotatable bonds is 5. The molecule has 0 bridgehead atoms. The minimum Gasteiger partial charge on any atom is -0.456 e. The smallest absolute Gasteiger partial charge is 0.136 e. The lowest BCUT2D eigenvalue weighted by atomic mass is 9.77. The molecule has 1 atom stereocenters. The van der Waals surface area contributed by atoms with Crippen molar-refractivity contribution in [3.8, 4) is 22.3 Å². The Morgan fingerprint density at radius 2 is 1.33 bits per heavy atom. The third kappa shape index (κ3) is 4.60. The molecule has 54 heavy (non-hydrogen) atoms. The minimum atomic E-state index is 0.397. The number of hydrogen-bond donors (Lipinski definition) is 0. The van der Waals surface area contributed by atoms with Crippen molar-refractivity contribution in [3.63, 3.8) is 0 Å². The van der Waals surface area contributed by atoms with Gasteiger partial charge in [-0.25, -0.2) is 0 Å². The van der Waals surface area contributed by atoms with Crippen molar-refractivity contribution in [2.75, 3.05) is 0 Å². The molecule has 2 heterocycles. The number of furan rings is 2. The lowest BCUT2D eigenvalue weighted by Crippen LogP contribution is -2.34.